The van der Waals surface area contributed by atoms with Crippen molar-refractivity contribution < 1.29 is 10.2 Å². The van der Waals surface area contributed by atoms with Gasteiger partial charge in [-0.3, -0.25) is 0 Å². The predicted octanol–water partition coefficient (Wildman–Crippen LogP) is 0.542. The minimum Gasteiger partial charge on any atom is -0.506 e. The summed E-state index contributed by atoms with van der Waals surface area (Å²) in [5.41, 5.74) is 7.89. The van der Waals surface area contributed by atoms with Gasteiger partial charge in [-0.25, -0.2) is 0 Å². The van der Waals surface area contributed by atoms with Gasteiger partial charge in [0.25, 0.3) is 0 Å². The molecular formula is C11H16N2O2. The fourth-order valence-electron chi connectivity index (χ4n) is 2.20. The summed E-state index contributed by atoms with van der Waals surface area (Å²) in [5.74, 6) is 0.101. The maximum Gasteiger partial charge on any atom is 0.138 e. The van der Waals surface area contributed by atoms with Gasteiger partial charge in [-0.15, -0.1) is 0 Å². The standard InChI is InChI=1S/C11H16N2O2/c1-13-8-4-2-6-7(11(8)15)3-5-9(14)10(6)12/h3,5,8,11,13-15H,2,4,12H2,1H3/t8-,11-/m0/s1. The number of phenols is 1. The third-order valence-corrected chi connectivity index (χ3v) is 3.15. The van der Waals surface area contributed by atoms with E-state index in [1.165, 1.54) is 6.07 Å². The van der Waals surface area contributed by atoms with Crippen LogP contribution in [0, 0.1) is 0 Å². The van der Waals surface area contributed by atoms with Crippen LogP contribution in [0.25, 0.3) is 0 Å². The molecule has 0 amide bonds. The maximum absolute atomic E-state index is 10.0. The molecule has 4 nitrogen and oxygen atoms in total. The van der Waals surface area contributed by atoms with Crippen LogP contribution in [0.1, 0.15) is 23.7 Å². The van der Waals surface area contributed by atoms with E-state index in [0.29, 0.717) is 5.69 Å². The van der Waals surface area contributed by atoms with Crippen LogP contribution in [0.15, 0.2) is 12.1 Å². The van der Waals surface area contributed by atoms with Crippen molar-refractivity contribution in [2.45, 2.75) is 25.0 Å². The first-order chi connectivity index (χ1) is 7.15. The molecule has 4 heteroatoms. The van der Waals surface area contributed by atoms with Crippen LogP contribution < -0.4 is 11.1 Å². The molecule has 0 saturated heterocycles. The van der Waals surface area contributed by atoms with Crippen molar-refractivity contribution in [3.63, 3.8) is 0 Å². The quantitative estimate of drug-likeness (QED) is 0.401. The largest absolute Gasteiger partial charge is 0.506 e. The van der Waals surface area contributed by atoms with Crippen molar-refractivity contribution in [2.24, 2.45) is 0 Å². The number of aliphatic hydroxyl groups excluding tert-OH is 1. The maximum atomic E-state index is 10.0. The van der Waals surface area contributed by atoms with Crippen molar-refractivity contribution in [2.75, 3.05) is 12.8 Å². The number of fused-ring (bicyclic) bond motifs is 1. The van der Waals surface area contributed by atoms with E-state index in [2.05, 4.69) is 5.32 Å². The van der Waals surface area contributed by atoms with E-state index in [4.69, 9.17) is 5.73 Å². The molecule has 0 radical (unpaired) electrons. The second-order valence-corrected chi connectivity index (χ2v) is 3.94. The molecule has 82 valence electrons. The average molecular weight is 208 g/mol. The van der Waals surface area contributed by atoms with Crippen LogP contribution in [0.5, 0.6) is 5.75 Å². The van der Waals surface area contributed by atoms with Gasteiger partial charge in [0, 0.05) is 6.04 Å². The number of rotatable bonds is 1. The highest BCUT2D eigenvalue weighted by molar-refractivity contribution is 5.62. The summed E-state index contributed by atoms with van der Waals surface area (Å²) in [4.78, 5) is 0. The van der Waals surface area contributed by atoms with E-state index in [0.717, 1.165) is 24.0 Å². The number of nitrogens with two attached hydrogens (primary N) is 1. The molecule has 2 atom stereocenters. The fraction of sp³-hybridized carbons (Fsp3) is 0.455. The third kappa shape index (κ3) is 1.56. The zero-order valence-electron chi connectivity index (χ0n) is 8.70. The van der Waals surface area contributed by atoms with Gasteiger partial charge in [-0.2, -0.15) is 0 Å². The summed E-state index contributed by atoms with van der Waals surface area (Å²) in [6, 6.07) is 3.35. The minimum atomic E-state index is -0.540. The first kappa shape index (κ1) is 10.3. The Morgan fingerprint density at radius 1 is 1.47 bits per heavy atom. The van der Waals surface area contributed by atoms with Gasteiger partial charge in [0.2, 0.25) is 0 Å². The number of aliphatic hydroxyl groups is 1. The molecular weight excluding hydrogens is 192 g/mol. The number of benzene rings is 1. The monoisotopic (exact) mass is 208 g/mol. The van der Waals surface area contributed by atoms with E-state index >= 15 is 0 Å². The highest BCUT2D eigenvalue weighted by atomic mass is 16.3. The van der Waals surface area contributed by atoms with Crippen molar-refractivity contribution in [1.29, 1.82) is 0 Å². The number of nitrogen functional groups attached to an aromatic ring is 1. The van der Waals surface area contributed by atoms with Gasteiger partial charge in [0.1, 0.15) is 5.75 Å². The van der Waals surface area contributed by atoms with Crippen LogP contribution in [0.4, 0.5) is 5.69 Å². The molecule has 0 bridgehead atoms. The molecule has 0 spiro atoms. The lowest BCUT2D eigenvalue weighted by Gasteiger charge is -2.30. The Bertz CT molecular complexity index is 379. The van der Waals surface area contributed by atoms with E-state index in [9.17, 15) is 10.2 Å². The molecule has 0 saturated carbocycles. The number of phenolic OH excluding ortho intramolecular Hbond substituents is 1. The Balaban J connectivity index is 2.45. The molecule has 0 fully saturated rings. The Morgan fingerprint density at radius 3 is 2.87 bits per heavy atom. The molecule has 0 heterocycles. The molecule has 1 aliphatic carbocycles. The molecule has 2 rings (SSSR count). The first-order valence-electron chi connectivity index (χ1n) is 5.10. The third-order valence-electron chi connectivity index (χ3n) is 3.15. The first-order valence-corrected chi connectivity index (χ1v) is 5.10. The highest BCUT2D eigenvalue weighted by Crippen LogP contribution is 2.37. The molecule has 15 heavy (non-hydrogen) atoms. The second kappa shape index (κ2) is 3.72. The molecule has 1 aromatic carbocycles. The molecule has 0 unspecified atom stereocenters. The molecule has 1 aliphatic rings. The minimum absolute atomic E-state index is 0.0708. The summed E-state index contributed by atoms with van der Waals surface area (Å²) in [7, 11) is 1.84. The Morgan fingerprint density at radius 2 is 2.20 bits per heavy atom. The lowest BCUT2D eigenvalue weighted by atomic mass is 9.85. The summed E-state index contributed by atoms with van der Waals surface area (Å²) in [6.07, 6.45) is 1.08. The van der Waals surface area contributed by atoms with E-state index < -0.39 is 6.10 Å². The summed E-state index contributed by atoms with van der Waals surface area (Å²) >= 11 is 0. The lowest BCUT2D eigenvalue weighted by Crippen LogP contribution is -2.36. The van der Waals surface area contributed by atoms with Crippen LogP contribution in [-0.4, -0.2) is 23.3 Å². The predicted molar refractivity (Wildman–Crippen MR) is 58.6 cm³/mol. The zero-order chi connectivity index (χ0) is 11.0. The number of likely N-dealkylation sites (N-methyl/N-ethyl adjacent to an activating group) is 1. The second-order valence-electron chi connectivity index (χ2n) is 3.94. The molecule has 5 N–H and O–H groups in total. The van der Waals surface area contributed by atoms with Gasteiger partial charge in [-0.1, -0.05) is 6.07 Å². The summed E-state index contributed by atoms with van der Waals surface area (Å²) in [6.45, 7) is 0. The number of aromatic hydroxyl groups is 1. The topological polar surface area (TPSA) is 78.5 Å². The van der Waals surface area contributed by atoms with Gasteiger partial charge < -0.3 is 21.3 Å². The van der Waals surface area contributed by atoms with E-state index in [-0.39, 0.29) is 11.8 Å². The Labute approximate surface area is 88.7 Å². The van der Waals surface area contributed by atoms with E-state index in [1.807, 2.05) is 7.05 Å². The zero-order valence-corrected chi connectivity index (χ0v) is 8.70. The van der Waals surface area contributed by atoms with Gasteiger partial charge in [-0.05, 0) is 37.1 Å². The number of hydrogen-bond donors (Lipinski definition) is 4. The summed E-state index contributed by atoms with van der Waals surface area (Å²) < 4.78 is 0. The molecule has 0 aromatic heterocycles. The van der Waals surface area contributed by atoms with E-state index in [1.54, 1.807) is 6.07 Å². The SMILES string of the molecule is CN[C@H]1CCc2c(ccc(O)c2N)[C@@H]1O. The summed E-state index contributed by atoms with van der Waals surface area (Å²) in [5, 5.41) is 22.6. The smallest absolute Gasteiger partial charge is 0.138 e. The molecule has 1 aromatic rings. The fourth-order valence-corrected chi connectivity index (χ4v) is 2.20. The normalized spacial score (nSPS) is 24.9. The van der Waals surface area contributed by atoms with Crippen LogP contribution in [0.2, 0.25) is 0 Å². The Hall–Kier alpha value is -1.26. The van der Waals surface area contributed by atoms with Gasteiger partial charge in [0.15, 0.2) is 0 Å². The van der Waals surface area contributed by atoms with Crippen LogP contribution in [0.3, 0.4) is 0 Å². The highest BCUT2D eigenvalue weighted by Gasteiger charge is 2.28. The lowest BCUT2D eigenvalue weighted by molar-refractivity contribution is 0.119. The number of anilines is 1. The van der Waals surface area contributed by atoms with Gasteiger partial charge >= 0.3 is 0 Å². The van der Waals surface area contributed by atoms with Crippen molar-refractivity contribution in [1.82, 2.24) is 5.32 Å². The van der Waals surface area contributed by atoms with Crippen LogP contribution >= 0.6 is 0 Å². The van der Waals surface area contributed by atoms with Gasteiger partial charge in [0.05, 0.1) is 11.8 Å². The van der Waals surface area contributed by atoms with Crippen molar-refractivity contribution >= 4 is 5.69 Å². The number of nitrogens with one attached hydrogen (secondary N) is 1. The average Bonchev–Trinajstić information content (AvgIpc) is 2.24. The van der Waals surface area contributed by atoms with Crippen LogP contribution in [-0.2, 0) is 6.42 Å². The molecule has 0 aliphatic heterocycles. The number of hydrogen-bond acceptors (Lipinski definition) is 4. The Kier molecular flexibility index (Phi) is 2.54. The van der Waals surface area contributed by atoms with Crippen molar-refractivity contribution in [3.8, 4) is 5.75 Å². The van der Waals surface area contributed by atoms with Crippen molar-refractivity contribution in [3.05, 3.63) is 23.3 Å².